The average molecular weight is 452 g/mol. The van der Waals surface area contributed by atoms with Gasteiger partial charge in [-0.05, 0) is 55.7 Å². The number of esters is 1. The molecule has 1 N–H and O–H groups in total. The van der Waals surface area contributed by atoms with Crippen molar-refractivity contribution < 1.29 is 23.9 Å². The van der Waals surface area contributed by atoms with Gasteiger partial charge in [0, 0.05) is 12.2 Å². The van der Waals surface area contributed by atoms with Crippen molar-refractivity contribution in [1.29, 1.82) is 0 Å². The van der Waals surface area contributed by atoms with E-state index in [9.17, 15) is 19.2 Å². The Kier molecular flexibility index (Phi) is 7.48. The zero-order valence-corrected chi connectivity index (χ0v) is 19.3. The van der Waals surface area contributed by atoms with Crippen molar-refractivity contribution in [1.82, 2.24) is 4.90 Å². The topological polar surface area (TPSA) is 96.0 Å². The molecule has 4 amide bonds. The molecule has 0 spiro atoms. The van der Waals surface area contributed by atoms with Gasteiger partial charge in [-0.3, -0.25) is 9.59 Å². The molecule has 1 fully saturated rings. The minimum atomic E-state index is -0.909. The third kappa shape index (κ3) is 5.58. The lowest BCUT2D eigenvalue weighted by atomic mass is 10.1. The number of aryl methyl sites for hydroxylation is 1. The Labute approximate surface area is 193 Å². The molecule has 174 valence electrons. The number of hydrogen-bond acceptors (Lipinski definition) is 5. The summed E-state index contributed by atoms with van der Waals surface area (Å²) in [6.07, 6.45) is -0.191. The molecule has 0 saturated carbocycles. The molecule has 0 bridgehead atoms. The van der Waals surface area contributed by atoms with E-state index in [0.29, 0.717) is 23.5 Å². The van der Waals surface area contributed by atoms with E-state index in [-0.39, 0.29) is 18.9 Å². The second-order valence-corrected chi connectivity index (χ2v) is 8.41. The van der Waals surface area contributed by atoms with Crippen molar-refractivity contribution in [2.24, 2.45) is 5.92 Å². The Morgan fingerprint density at radius 2 is 1.82 bits per heavy atom. The Balaban J connectivity index is 1.79. The van der Waals surface area contributed by atoms with Crippen LogP contribution in [-0.2, 0) is 14.3 Å². The highest BCUT2D eigenvalue weighted by Crippen LogP contribution is 2.28. The van der Waals surface area contributed by atoms with Gasteiger partial charge in [-0.1, -0.05) is 32.0 Å². The summed E-state index contributed by atoms with van der Waals surface area (Å²) in [6, 6.07) is 12.2. The van der Waals surface area contributed by atoms with Gasteiger partial charge in [0.15, 0.2) is 0 Å². The lowest BCUT2D eigenvalue weighted by Crippen LogP contribution is -2.40. The van der Waals surface area contributed by atoms with Crippen molar-refractivity contribution in [3.05, 3.63) is 59.7 Å². The second-order valence-electron chi connectivity index (χ2n) is 8.41. The van der Waals surface area contributed by atoms with Gasteiger partial charge >= 0.3 is 12.0 Å². The molecule has 1 aliphatic rings. The number of nitrogens with one attached hydrogen (secondary N) is 1. The summed E-state index contributed by atoms with van der Waals surface area (Å²) in [7, 11) is 0. The molecule has 1 saturated heterocycles. The smallest absolute Gasteiger partial charge is 0.338 e. The van der Waals surface area contributed by atoms with Crippen molar-refractivity contribution in [3.63, 3.8) is 0 Å². The first-order valence-electron chi connectivity index (χ1n) is 11.0. The Morgan fingerprint density at radius 1 is 1.09 bits per heavy atom. The zero-order chi connectivity index (χ0) is 24.1. The molecule has 0 aliphatic carbocycles. The number of anilines is 2. The summed E-state index contributed by atoms with van der Waals surface area (Å²) in [5, 5.41) is 2.72. The summed E-state index contributed by atoms with van der Waals surface area (Å²) >= 11 is 0. The molecule has 1 heterocycles. The molecule has 2 aromatic carbocycles. The molecule has 3 rings (SSSR count). The molecule has 2 aromatic rings. The van der Waals surface area contributed by atoms with E-state index in [1.165, 1.54) is 11.0 Å². The van der Waals surface area contributed by atoms with Crippen LogP contribution in [0.4, 0.5) is 16.2 Å². The van der Waals surface area contributed by atoms with Gasteiger partial charge in [-0.15, -0.1) is 0 Å². The normalized spacial score (nSPS) is 15.8. The number of amides is 4. The zero-order valence-electron chi connectivity index (χ0n) is 19.3. The van der Waals surface area contributed by atoms with Gasteiger partial charge in [0.2, 0.25) is 5.91 Å². The van der Waals surface area contributed by atoms with E-state index >= 15 is 0 Å². The van der Waals surface area contributed by atoms with Crippen LogP contribution in [0.15, 0.2) is 48.5 Å². The largest absolute Gasteiger partial charge is 0.462 e. The quantitative estimate of drug-likeness (QED) is 0.484. The highest BCUT2D eigenvalue weighted by atomic mass is 16.5. The van der Waals surface area contributed by atoms with E-state index < -0.39 is 29.9 Å². The number of carbonyl (C=O) groups is 4. The molecule has 8 nitrogen and oxygen atoms in total. The molecule has 8 heteroatoms. The average Bonchev–Trinajstić information content (AvgIpc) is 2.97. The standard InChI is InChI=1S/C25H29N3O5/c1-5-33-24(31)18-9-7-10-19(13-18)26-22(29)14-21-23(30)28(20-11-6-8-17(4)12-20)25(32)27(21)15-16(2)3/h6-13,16,21H,5,14-15H2,1-4H3,(H,26,29). The summed E-state index contributed by atoms with van der Waals surface area (Å²) in [5.74, 6) is -1.23. The molecule has 1 atom stereocenters. The van der Waals surface area contributed by atoms with Crippen LogP contribution in [0.25, 0.3) is 0 Å². The predicted molar refractivity (Wildman–Crippen MR) is 125 cm³/mol. The molecule has 0 aromatic heterocycles. The first-order chi connectivity index (χ1) is 15.7. The lowest BCUT2D eigenvalue weighted by molar-refractivity contribution is -0.124. The molecule has 0 radical (unpaired) electrons. The van der Waals surface area contributed by atoms with E-state index in [4.69, 9.17) is 4.74 Å². The third-order valence-electron chi connectivity index (χ3n) is 5.18. The minimum absolute atomic E-state index is 0.117. The number of nitrogens with zero attached hydrogens (tertiary/aromatic N) is 2. The van der Waals surface area contributed by atoms with Gasteiger partial charge < -0.3 is 15.0 Å². The van der Waals surface area contributed by atoms with E-state index in [0.717, 1.165) is 10.5 Å². The molecule has 33 heavy (non-hydrogen) atoms. The van der Waals surface area contributed by atoms with Crippen molar-refractivity contribution in [3.8, 4) is 0 Å². The molecule has 1 unspecified atom stereocenters. The van der Waals surface area contributed by atoms with Crippen molar-refractivity contribution in [2.75, 3.05) is 23.4 Å². The SMILES string of the molecule is CCOC(=O)c1cccc(NC(=O)CC2C(=O)N(c3cccc(C)c3)C(=O)N2CC(C)C)c1. The fraction of sp³-hybridized carbons (Fsp3) is 0.360. The number of benzene rings is 2. The van der Waals surface area contributed by atoms with Crippen LogP contribution in [0.3, 0.4) is 0 Å². The van der Waals surface area contributed by atoms with Gasteiger partial charge in [-0.25, -0.2) is 14.5 Å². The van der Waals surface area contributed by atoms with Gasteiger partial charge in [0.1, 0.15) is 6.04 Å². The maximum Gasteiger partial charge on any atom is 0.338 e. The molecular formula is C25H29N3O5. The predicted octanol–water partition coefficient (Wildman–Crippen LogP) is 3.99. The first kappa shape index (κ1) is 24.0. The van der Waals surface area contributed by atoms with Crippen LogP contribution in [0.5, 0.6) is 0 Å². The lowest BCUT2D eigenvalue weighted by Gasteiger charge is -2.23. The Bertz CT molecular complexity index is 1070. The van der Waals surface area contributed by atoms with Crippen LogP contribution in [0, 0.1) is 12.8 Å². The van der Waals surface area contributed by atoms with Crippen LogP contribution < -0.4 is 10.2 Å². The minimum Gasteiger partial charge on any atom is -0.462 e. The summed E-state index contributed by atoms with van der Waals surface area (Å²) in [4.78, 5) is 53.8. The van der Waals surface area contributed by atoms with Crippen LogP contribution in [-0.4, -0.2) is 47.9 Å². The van der Waals surface area contributed by atoms with Crippen LogP contribution in [0.1, 0.15) is 43.1 Å². The molecular weight excluding hydrogens is 422 g/mol. The monoisotopic (exact) mass is 451 g/mol. The summed E-state index contributed by atoms with van der Waals surface area (Å²) in [6.45, 7) is 8.10. The van der Waals surface area contributed by atoms with Crippen LogP contribution >= 0.6 is 0 Å². The third-order valence-corrected chi connectivity index (χ3v) is 5.18. The number of ether oxygens (including phenoxy) is 1. The van der Waals surface area contributed by atoms with Crippen molar-refractivity contribution >= 4 is 35.2 Å². The Morgan fingerprint density at radius 3 is 2.48 bits per heavy atom. The molecule has 1 aliphatic heterocycles. The fourth-order valence-electron chi connectivity index (χ4n) is 3.77. The Hall–Kier alpha value is -3.68. The number of urea groups is 1. The van der Waals surface area contributed by atoms with Crippen molar-refractivity contribution in [2.45, 2.75) is 40.2 Å². The maximum absolute atomic E-state index is 13.2. The highest BCUT2D eigenvalue weighted by molar-refractivity contribution is 6.22. The maximum atomic E-state index is 13.2. The van der Waals surface area contributed by atoms with E-state index in [1.54, 1.807) is 43.3 Å². The van der Waals surface area contributed by atoms with E-state index in [1.807, 2.05) is 26.8 Å². The van der Waals surface area contributed by atoms with Crippen LogP contribution in [0.2, 0.25) is 0 Å². The number of hydrogen-bond donors (Lipinski definition) is 1. The number of imide groups is 1. The fourth-order valence-corrected chi connectivity index (χ4v) is 3.77. The van der Waals surface area contributed by atoms with Gasteiger partial charge in [0.25, 0.3) is 5.91 Å². The number of carbonyl (C=O) groups excluding carboxylic acids is 4. The number of rotatable bonds is 8. The summed E-state index contributed by atoms with van der Waals surface area (Å²) < 4.78 is 4.99. The first-order valence-corrected chi connectivity index (χ1v) is 11.0. The van der Waals surface area contributed by atoms with E-state index in [2.05, 4.69) is 5.32 Å². The highest BCUT2D eigenvalue weighted by Gasteiger charge is 2.46. The second kappa shape index (κ2) is 10.3. The van der Waals surface area contributed by atoms with Gasteiger partial charge in [0.05, 0.1) is 24.3 Å². The van der Waals surface area contributed by atoms with Gasteiger partial charge in [-0.2, -0.15) is 0 Å². The summed E-state index contributed by atoms with van der Waals surface area (Å²) in [5.41, 5.74) is 2.14.